The van der Waals surface area contributed by atoms with E-state index in [2.05, 4.69) is 37.6 Å². The van der Waals surface area contributed by atoms with E-state index >= 15 is 0 Å². The molecule has 0 radical (unpaired) electrons. The summed E-state index contributed by atoms with van der Waals surface area (Å²) in [6.45, 7) is 7.98. The number of anilines is 1. The van der Waals surface area contributed by atoms with Crippen molar-refractivity contribution in [1.29, 1.82) is 0 Å². The first kappa shape index (κ1) is 14.3. The summed E-state index contributed by atoms with van der Waals surface area (Å²) in [5.74, 6) is 1.56. The first-order valence-electron chi connectivity index (χ1n) is 7.33. The van der Waals surface area contributed by atoms with E-state index in [1.54, 1.807) is 0 Å². The van der Waals surface area contributed by atoms with E-state index in [0.717, 1.165) is 44.1 Å². The zero-order valence-electron chi connectivity index (χ0n) is 12.2. The summed E-state index contributed by atoms with van der Waals surface area (Å²) >= 11 is 1.22. The predicted octanol–water partition coefficient (Wildman–Crippen LogP) is 2.26. The number of hydrogen-bond acceptors (Lipinski definition) is 6. The van der Waals surface area contributed by atoms with E-state index in [0.29, 0.717) is 12.5 Å². The molecule has 0 atom stereocenters. The average molecular weight is 304 g/mol. The highest BCUT2D eigenvalue weighted by molar-refractivity contribution is 6.99. The fourth-order valence-electron chi connectivity index (χ4n) is 2.46. The van der Waals surface area contributed by atoms with Crippen LogP contribution in [0.1, 0.15) is 12.5 Å². The molecular weight excluding hydrogens is 284 g/mol. The van der Waals surface area contributed by atoms with Gasteiger partial charge in [0.05, 0.1) is 11.7 Å². The van der Waals surface area contributed by atoms with Crippen molar-refractivity contribution in [3.63, 3.8) is 0 Å². The molecule has 1 saturated heterocycles. The molecule has 1 aromatic carbocycles. The largest absolute Gasteiger partial charge is 0.470 e. The summed E-state index contributed by atoms with van der Waals surface area (Å²) in [4.78, 5) is 4.72. The highest BCUT2D eigenvalue weighted by atomic mass is 32.1. The second kappa shape index (κ2) is 6.87. The Morgan fingerprint density at radius 1 is 1.10 bits per heavy atom. The molecule has 0 N–H and O–H groups in total. The highest BCUT2D eigenvalue weighted by Gasteiger charge is 2.22. The number of likely N-dealkylation sites (N-methyl/N-ethyl adjacent to an activating group) is 1. The lowest BCUT2D eigenvalue weighted by Crippen LogP contribution is -2.46. The maximum absolute atomic E-state index is 5.85. The zero-order chi connectivity index (χ0) is 14.5. The quantitative estimate of drug-likeness (QED) is 0.847. The number of nitrogens with zero attached hydrogens (tertiary/aromatic N) is 4. The maximum Gasteiger partial charge on any atom is 0.271 e. The van der Waals surface area contributed by atoms with Crippen molar-refractivity contribution in [2.75, 3.05) is 37.6 Å². The van der Waals surface area contributed by atoms with Crippen LogP contribution in [0.5, 0.6) is 5.88 Å². The fraction of sp³-hybridized carbons (Fsp3) is 0.467. The van der Waals surface area contributed by atoms with Crippen molar-refractivity contribution >= 4 is 17.5 Å². The summed E-state index contributed by atoms with van der Waals surface area (Å²) in [5.41, 5.74) is 1.15. The molecule has 1 fully saturated rings. The van der Waals surface area contributed by atoms with Gasteiger partial charge in [0.25, 0.3) is 5.88 Å². The number of benzene rings is 1. The minimum atomic E-state index is 0.536. The van der Waals surface area contributed by atoms with Gasteiger partial charge in [0, 0.05) is 26.2 Å². The molecule has 21 heavy (non-hydrogen) atoms. The van der Waals surface area contributed by atoms with Crippen LogP contribution >= 0.6 is 11.7 Å². The Morgan fingerprint density at radius 2 is 1.86 bits per heavy atom. The number of aromatic nitrogens is 2. The summed E-state index contributed by atoms with van der Waals surface area (Å²) in [6, 6.07) is 10.2. The molecule has 1 aliphatic heterocycles. The number of ether oxygens (including phenoxy) is 1. The van der Waals surface area contributed by atoms with Crippen LogP contribution in [0.15, 0.2) is 30.3 Å². The first-order valence-corrected chi connectivity index (χ1v) is 8.06. The number of rotatable bonds is 5. The number of hydrogen-bond donors (Lipinski definition) is 0. The minimum absolute atomic E-state index is 0.536. The van der Waals surface area contributed by atoms with Gasteiger partial charge >= 0.3 is 0 Å². The van der Waals surface area contributed by atoms with Crippen LogP contribution in [0, 0.1) is 0 Å². The average Bonchev–Trinajstić information content (AvgIpc) is 3.02. The Balaban J connectivity index is 1.62. The third-order valence-electron chi connectivity index (χ3n) is 3.78. The van der Waals surface area contributed by atoms with E-state index < -0.39 is 0 Å². The Labute approximate surface area is 129 Å². The SMILES string of the molecule is CCN1CCN(c2nsnc2OCc2ccccc2)CC1. The van der Waals surface area contributed by atoms with E-state index in [4.69, 9.17) is 4.74 Å². The fourth-order valence-corrected chi connectivity index (χ4v) is 2.98. The lowest BCUT2D eigenvalue weighted by Gasteiger charge is -2.34. The van der Waals surface area contributed by atoms with Crippen molar-refractivity contribution in [2.24, 2.45) is 0 Å². The summed E-state index contributed by atoms with van der Waals surface area (Å²) in [7, 11) is 0. The van der Waals surface area contributed by atoms with Gasteiger partial charge in [-0.05, 0) is 12.1 Å². The second-order valence-corrected chi connectivity index (χ2v) is 5.62. The van der Waals surface area contributed by atoms with E-state index in [1.807, 2.05) is 18.2 Å². The van der Waals surface area contributed by atoms with Gasteiger partial charge in [-0.1, -0.05) is 37.3 Å². The standard InChI is InChI=1S/C15H20N4OS/c1-2-18-8-10-19(11-9-18)14-15(17-21-16-14)20-12-13-6-4-3-5-7-13/h3-7H,2,8-12H2,1H3. The third kappa shape index (κ3) is 3.51. The molecule has 1 aromatic heterocycles. The predicted molar refractivity (Wildman–Crippen MR) is 85.0 cm³/mol. The zero-order valence-corrected chi connectivity index (χ0v) is 13.1. The van der Waals surface area contributed by atoms with Gasteiger partial charge in [-0.25, -0.2) is 0 Å². The van der Waals surface area contributed by atoms with Crippen molar-refractivity contribution in [3.05, 3.63) is 35.9 Å². The number of piperazine rings is 1. The Morgan fingerprint density at radius 3 is 2.57 bits per heavy atom. The van der Waals surface area contributed by atoms with Crippen molar-refractivity contribution < 1.29 is 4.74 Å². The lowest BCUT2D eigenvalue weighted by molar-refractivity contribution is 0.266. The van der Waals surface area contributed by atoms with Crippen LogP contribution in [-0.2, 0) is 6.61 Å². The molecule has 3 rings (SSSR count). The van der Waals surface area contributed by atoms with E-state index in [-0.39, 0.29) is 0 Å². The van der Waals surface area contributed by atoms with Crippen LogP contribution in [0.2, 0.25) is 0 Å². The van der Waals surface area contributed by atoms with Gasteiger partial charge in [-0.3, -0.25) is 0 Å². The van der Waals surface area contributed by atoms with Crippen LogP contribution in [0.25, 0.3) is 0 Å². The summed E-state index contributed by atoms with van der Waals surface area (Å²) in [5, 5.41) is 0. The van der Waals surface area contributed by atoms with Crippen LogP contribution in [0.3, 0.4) is 0 Å². The molecule has 0 saturated carbocycles. The van der Waals surface area contributed by atoms with Crippen molar-refractivity contribution in [1.82, 2.24) is 13.6 Å². The van der Waals surface area contributed by atoms with Gasteiger partial charge in [-0.2, -0.15) is 4.37 Å². The highest BCUT2D eigenvalue weighted by Crippen LogP contribution is 2.27. The summed E-state index contributed by atoms with van der Waals surface area (Å²) in [6.07, 6.45) is 0. The molecule has 5 nitrogen and oxygen atoms in total. The van der Waals surface area contributed by atoms with Crippen molar-refractivity contribution in [2.45, 2.75) is 13.5 Å². The van der Waals surface area contributed by atoms with Crippen LogP contribution in [0.4, 0.5) is 5.82 Å². The maximum atomic E-state index is 5.85. The molecule has 0 unspecified atom stereocenters. The van der Waals surface area contributed by atoms with Crippen LogP contribution < -0.4 is 9.64 Å². The monoisotopic (exact) mass is 304 g/mol. The molecule has 1 aliphatic rings. The van der Waals surface area contributed by atoms with E-state index in [9.17, 15) is 0 Å². The Hall–Kier alpha value is -1.66. The first-order chi connectivity index (χ1) is 10.4. The van der Waals surface area contributed by atoms with Gasteiger partial charge in [0.2, 0.25) is 5.82 Å². The molecule has 2 aromatic rings. The molecular formula is C15H20N4OS. The molecule has 6 heteroatoms. The molecule has 0 spiro atoms. The minimum Gasteiger partial charge on any atom is -0.470 e. The molecule has 0 amide bonds. The molecule has 0 bridgehead atoms. The van der Waals surface area contributed by atoms with Gasteiger partial charge < -0.3 is 14.5 Å². The normalized spacial score (nSPS) is 16.1. The van der Waals surface area contributed by atoms with E-state index in [1.165, 1.54) is 11.7 Å². The van der Waals surface area contributed by atoms with Gasteiger partial charge in [0.1, 0.15) is 6.61 Å². The summed E-state index contributed by atoms with van der Waals surface area (Å²) < 4.78 is 14.6. The Kier molecular flexibility index (Phi) is 4.67. The molecule has 2 heterocycles. The smallest absolute Gasteiger partial charge is 0.271 e. The van der Waals surface area contributed by atoms with Crippen LogP contribution in [-0.4, -0.2) is 46.4 Å². The van der Waals surface area contributed by atoms with Crippen molar-refractivity contribution in [3.8, 4) is 5.88 Å². The molecule has 0 aliphatic carbocycles. The Bertz CT molecular complexity index is 552. The third-order valence-corrected chi connectivity index (χ3v) is 4.28. The second-order valence-electron chi connectivity index (χ2n) is 5.09. The van der Waals surface area contributed by atoms with Gasteiger partial charge in [0.15, 0.2) is 0 Å². The topological polar surface area (TPSA) is 41.5 Å². The van der Waals surface area contributed by atoms with Gasteiger partial charge in [-0.15, -0.1) is 4.37 Å². The lowest BCUT2D eigenvalue weighted by atomic mass is 10.2. The molecule has 112 valence electrons.